The van der Waals surface area contributed by atoms with Gasteiger partial charge in [0.1, 0.15) is 5.82 Å². The second kappa shape index (κ2) is 7.55. The van der Waals surface area contributed by atoms with Crippen LogP contribution < -0.4 is 4.90 Å². The lowest BCUT2D eigenvalue weighted by Crippen LogP contribution is -2.36. The molecule has 0 N–H and O–H groups in total. The first kappa shape index (κ1) is 17.2. The monoisotopic (exact) mass is 385 g/mol. The highest BCUT2D eigenvalue weighted by Gasteiger charge is 2.23. The average Bonchev–Trinajstić information content (AvgIpc) is 3.14. The first-order valence-corrected chi connectivity index (χ1v) is 10.1. The van der Waals surface area contributed by atoms with E-state index in [4.69, 9.17) is 0 Å². The van der Waals surface area contributed by atoms with Gasteiger partial charge in [0, 0.05) is 29.6 Å². The Morgan fingerprint density at radius 2 is 2.12 bits per heavy atom. The molecule has 4 nitrogen and oxygen atoms in total. The number of halogens is 1. The Bertz CT molecular complexity index is 944. The van der Waals surface area contributed by atoms with Crippen molar-refractivity contribution < 1.29 is 9.18 Å². The molecule has 26 heavy (non-hydrogen) atoms. The van der Waals surface area contributed by atoms with Crippen LogP contribution in [0.1, 0.15) is 0 Å². The summed E-state index contributed by atoms with van der Waals surface area (Å²) in [4.78, 5) is 20.0. The first-order valence-electron chi connectivity index (χ1n) is 8.16. The van der Waals surface area contributed by atoms with E-state index in [-0.39, 0.29) is 17.5 Å². The number of carbonyl (C=O) groups excluding carboxylic acids is 1. The van der Waals surface area contributed by atoms with Gasteiger partial charge in [-0.15, -0.1) is 11.8 Å². The van der Waals surface area contributed by atoms with E-state index in [0.29, 0.717) is 17.4 Å². The van der Waals surface area contributed by atoms with Crippen LogP contribution in [0.3, 0.4) is 0 Å². The molecule has 0 atom stereocenters. The van der Waals surface area contributed by atoms with Crippen LogP contribution >= 0.6 is 23.5 Å². The van der Waals surface area contributed by atoms with Gasteiger partial charge in [0.05, 0.1) is 17.1 Å². The minimum atomic E-state index is -0.300. The smallest absolute Gasteiger partial charge is 0.237 e. The fourth-order valence-corrected chi connectivity index (χ4v) is 4.70. The molecule has 2 heterocycles. The molecule has 0 saturated heterocycles. The van der Waals surface area contributed by atoms with E-state index in [0.717, 1.165) is 16.3 Å². The van der Waals surface area contributed by atoms with Gasteiger partial charge in [-0.2, -0.15) is 0 Å². The molecule has 0 bridgehead atoms. The van der Waals surface area contributed by atoms with Gasteiger partial charge in [-0.05, 0) is 30.3 Å². The highest BCUT2D eigenvalue weighted by atomic mass is 32.2. The molecule has 1 aromatic heterocycles. The van der Waals surface area contributed by atoms with Crippen LogP contribution in [0.25, 0.3) is 5.69 Å². The quantitative estimate of drug-likeness (QED) is 0.630. The maximum Gasteiger partial charge on any atom is 0.237 e. The van der Waals surface area contributed by atoms with Crippen LogP contribution in [0.2, 0.25) is 0 Å². The summed E-state index contributed by atoms with van der Waals surface area (Å²) < 4.78 is 15.3. The zero-order valence-corrected chi connectivity index (χ0v) is 15.5. The summed E-state index contributed by atoms with van der Waals surface area (Å²) in [6, 6.07) is 14.3. The summed E-state index contributed by atoms with van der Waals surface area (Å²) in [6.07, 6.45) is 3.43. The van der Waals surface area contributed by atoms with Crippen LogP contribution in [-0.4, -0.2) is 33.5 Å². The Balaban J connectivity index is 1.49. The number of aromatic nitrogens is 2. The van der Waals surface area contributed by atoms with Crippen molar-refractivity contribution in [1.82, 2.24) is 9.55 Å². The molecular formula is C19H16FN3OS2. The molecule has 1 aliphatic rings. The SMILES string of the molecule is O=C(CSc1nccn1-c1cccc(F)c1)N1CCSc2ccccc21. The molecular weight excluding hydrogens is 369 g/mol. The summed E-state index contributed by atoms with van der Waals surface area (Å²) in [6.45, 7) is 0.708. The van der Waals surface area contributed by atoms with Gasteiger partial charge in [-0.3, -0.25) is 9.36 Å². The number of imidazole rings is 1. The number of hydrogen-bond donors (Lipinski definition) is 0. The maximum absolute atomic E-state index is 13.5. The number of para-hydroxylation sites is 1. The van der Waals surface area contributed by atoms with Crippen molar-refractivity contribution in [2.45, 2.75) is 10.1 Å². The van der Waals surface area contributed by atoms with E-state index in [2.05, 4.69) is 4.98 Å². The number of carbonyl (C=O) groups is 1. The fraction of sp³-hybridized carbons (Fsp3) is 0.158. The van der Waals surface area contributed by atoms with Gasteiger partial charge in [-0.1, -0.05) is 30.0 Å². The maximum atomic E-state index is 13.5. The van der Waals surface area contributed by atoms with E-state index in [1.807, 2.05) is 35.2 Å². The third-order valence-electron chi connectivity index (χ3n) is 4.05. The number of benzene rings is 2. The highest BCUT2D eigenvalue weighted by Crippen LogP contribution is 2.34. The molecule has 0 aliphatic carbocycles. The van der Waals surface area contributed by atoms with E-state index in [1.54, 1.807) is 34.8 Å². The number of hydrogen-bond acceptors (Lipinski definition) is 4. The van der Waals surface area contributed by atoms with Crippen molar-refractivity contribution in [2.75, 3.05) is 23.0 Å². The average molecular weight is 385 g/mol. The summed E-state index contributed by atoms with van der Waals surface area (Å²) in [5.74, 6) is 0.929. The summed E-state index contributed by atoms with van der Waals surface area (Å²) in [5, 5.41) is 0.670. The van der Waals surface area contributed by atoms with Crippen LogP contribution in [-0.2, 0) is 4.79 Å². The number of rotatable bonds is 4. The van der Waals surface area contributed by atoms with Gasteiger partial charge in [0.15, 0.2) is 5.16 Å². The van der Waals surface area contributed by atoms with Crippen LogP contribution in [0, 0.1) is 5.82 Å². The number of anilines is 1. The molecule has 132 valence electrons. The van der Waals surface area contributed by atoms with Crippen molar-refractivity contribution in [3.8, 4) is 5.69 Å². The zero-order chi connectivity index (χ0) is 17.9. The van der Waals surface area contributed by atoms with Crippen LogP contribution in [0.4, 0.5) is 10.1 Å². The van der Waals surface area contributed by atoms with Crippen molar-refractivity contribution in [1.29, 1.82) is 0 Å². The third kappa shape index (κ3) is 3.50. The first-order chi connectivity index (χ1) is 12.7. The van der Waals surface area contributed by atoms with Gasteiger partial charge in [0.25, 0.3) is 0 Å². The molecule has 0 spiro atoms. The van der Waals surface area contributed by atoms with Crippen molar-refractivity contribution in [3.05, 3.63) is 66.7 Å². The summed E-state index contributed by atoms with van der Waals surface area (Å²) >= 11 is 3.14. The zero-order valence-electron chi connectivity index (χ0n) is 13.8. The van der Waals surface area contributed by atoms with Crippen molar-refractivity contribution in [3.63, 3.8) is 0 Å². The lowest BCUT2D eigenvalue weighted by Gasteiger charge is -2.28. The minimum Gasteiger partial charge on any atom is -0.310 e. The largest absolute Gasteiger partial charge is 0.310 e. The fourth-order valence-electron chi connectivity index (χ4n) is 2.85. The topological polar surface area (TPSA) is 38.1 Å². The summed E-state index contributed by atoms with van der Waals surface area (Å²) in [7, 11) is 0. The van der Waals surface area contributed by atoms with E-state index in [9.17, 15) is 9.18 Å². The van der Waals surface area contributed by atoms with Crippen molar-refractivity contribution in [2.24, 2.45) is 0 Å². The number of nitrogens with zero attached hydrogens (tertiary/aromatic N) is 3. The Labute approximate surface area is 159 Å². The number of fused-ring (bicyclic) bond motifs is 1. The number of amides is 1. The van der Waals surface area contributed by atoms with Gasteiger partial charge in [-0.25, -0.2) is 9.37 Å². The number of thioether (sulfide) groups is 2. The molecule has 2 aromatic carbocycles. The standard InChI is InChI=1S/C19H16FN3OS2/c20-14-4-3-5-15(12-14)22-9-8-21-19(22)26-13-18(24)23-10-11-25-17-7-2-1-6-16(17)23/h1-9,12H,10-11,13H2. The Kier molecular flexibility index (Phi) is 4.99. The molecule has 7 heteroatoms. The third-order valence-corrected chi connectivity index (χ3v) is 6.04. The molecule has 0 fully saturated rings. The van der Waals surface area contributed by atoms with Crippen LogP contribution in [0.5, 0.6) is 0 Å². The van der Waals surface area contributed by atoms with E-state index in [1.165, 1.54) is 23.9 Å². The minimum absolute atomic E-state index is 0.0524. The molecule has 1 amide bonds. The molecule has 0 radical (unpaired) electrons. The Morgan fingerprint density at radius 1 is 1.23 bits per heavy atom. The predicted octanol–water partition coefficient (Wildman–Crippen LogP) is 4.24. The second-order valence-corrected chi connectivity index (χ2v) is 7.79. The summed E-state index contributed by atoms with van der Waals surface area (Å²) in [5.41, 5.74) is 1.67. The molecule has 0 unspecified atom stereocenters. The lowest BCUT2D eigenvalue weighted by molar-refractivity contribution is -0.116. The second-order valence-electron chi connectivity index (χ2n) is 5.71. The Hall–Kier alpha value is -2.25. The van der Waals surface area contributed by atoms with Crippen molar-refractivity contribution >= 4 is 35.1 Å². The molecule has 3 aromatic rings. The highest BCUT2D eigenvalue weighted by molar-refractivity contribution is 8.00. The molecule has 4 rings (SSSR count). The van der Waals surface area contributed by atoms with Gasteiger partial charge in [0.2, 0.25) is 5.91 Å². The molecule has 0 saturated carbocycles. The lowest BCUT2D eigenvalue weighted by atomic mass is 10.3. The molecule has 1 aliphatic heterocycles. The van der Waals surface area contributed by atoms with Gasteiger partial charge < -0.3 is 4.90 Å². The van der Waals surface area contributed by atoms with E-state index >= 15 is 0 Å². The van der Waals surface area contributed by atoms with Gasteiger partial charge >= 0.3 is 0 Å². The normalized spacial score (nSPS) is 13.5. The predicted molar refractivity (Wildman–Crippen MR) is 104 cm³/mol. The van der Waals surface area contributed by atoms with E-state index < -0.39 is 0 Å². The Morgan fingerprint density at radius 3 is 3.00 bits per heavy atom. The van der Waals surface area contributed by atoms with Crippen LogP contribution in [0.15, 0.2) is 71.0 Å².